The van der Waals surface area contributed by atoms with Crippen LogP contribution in [0, 0.1) is 0 Å². The zero-order valence-corrected chi connectivity index (χ0v) is 21.5. The summed E-state index contributed by atoms with van der Waals surface area (Å²) in [7, 11) is -2.85. The van der Waals surface area contributed by atoms with Crippen LogP contribution >= 0.6 is 0 Å². The lowest BCUT2D eigenvalue weighted by Crippen LogP contribution is -2.56. The number of rotatable bonds is 12. The van der Waals surface area contributed by atoms with Gasteiger partial charge < -0.3 is 18.7 Å². The summed E-state index contributed by atoms with van der Waals surface area (Å²) in [5.41, 5.74) is 1.50. The van der Waals surface area contributed by atoms with Gasteiger partial charge in [0.05, 0.1) is 19.3 Å². The van der Waals surface area contributed by atoms with Crippen LogP contribution in [0.1, 0.15) is 38.3 Å². The first-order valence-corrected chi connectivity index (χ1v) is 14.2. The van der Waals surface area contributed by atoms with Crippen LogP contribution in [0.3, 0.4) is 0 Å². The summed E-state index contributed by atoms with van der Waals surface area (Å²) in [5.74, 6) is 0. The van der Waals surface area contributed by atoms with Gasteiger partial charge >= 0.3 is 6.18 Å². The summed E-state index contributed by atoms with van der Waals surface area (Å²) in [6, 6.07) is 18.0. The van der Waals surface area contributed by atoms with Crippen LogP contribution in [0.25, 0.3) is 0 Å². The van der Waals surface area contributed by atoms with Gasteiger partial charge in [-0.25, -0.2) is 0 Å². The monoisotopic (exact) mass is 496 g/mol. The smallest absolute Gasteiger partial charge is 0.403 e. The van der Waals surface area contributed by atoms with Gasteiger partial charge in [-0.05, 0) is 29.3 Å². The minimum atomic E-state index is -4.71. The molecule has 0 fully saturated rings. The molecule has 2 rings (SSSR count). The van der Waals surface area contributed by atoms with Gasteiger partial charge in [0.1, 0.15) is 12.4 Å². The van der Waals surface area contributed by atoms with E-state index in [4.69, 9.17) is 13.9 Å². The molecular formula is C26H35F3O4Si. The topological polar surface area (TPSA) is 44.8 Å². The van der Waals surface area contributed by atoms with Crippen LogP contribution in [0.15, 0.2) is 60.7 Å². The van der Waals surface area contributed by atoms with Crippen molar-refractivity contribution >= 4 is 14.6 Å². The van der Waals surface area contributed by atoms with E-state index in [0.717, 1.165) is 5.56 Å². The summed E-state index contributed by atoms with van der Waals surface area (Å²) in [4.78, 5) is 11.5. The summed E-state index contributed by atoms with van der Waals surface area (Å²) in [6.07, 6.45) is -9.30. The molecule has 0 bridgehead atoms. The summed E-state index contributed by atoms with van der Waals surface area (Å²) in [5, 5.41) is -0.453. The highest BCUT2D eigenvalue weighted by atomic mass is 28.4. The Kier molecular flexibility index (Phi) is 10.1. The summed E-state index contributed by atoms with van der Waals surface area (Å²) >= 11 is 0. The van der Waals surface area contributed by atoms with Gasteiger partial charge in [0.15, 0.2) is 14.4 Å². The molecule has 0 spiro atoms. The third-order valence-electron chi connectivity index (χ3n) is 6.14. The van der Waals surface area contributed by atoms with E-state index in [0.29, 0.717) is 11.8 Å². The molecule has 34 heavy (non-hydrogen) atoms. The molecule has 0 aliphatic rings. The highest BCUT2D eigenvalue weighted by Crippen LogP contribution is 2.41. The predicted molar refractivity (Wildman–Crippen MR) is 129 cm³/mol. The van der Waals surface area contributed by atoms with Gasteiger partial charge in [-0.3, -0.25) is 0 Å². The van der Waals surface area contributed by atoms with E-state index in [2.05, 4.69) is 0 Å². The van der Waals surface area contributed by atoms with Crippen LogP contribution < -0.4 is 0 Å². The minimum absolute atomic E-state index is 0.0508. The van der Waals surface area contributed by atoms with Crippen molar-refractivity contribution in [2.75, 3.05) is 0 Å². The highest BCUT2D eigenvalue weighted by Gasteiger charge is 2.53. The number of carbonyl (C=O) groups is 1. The first-order chi connectivity index (χ1) is 15.8. The van der Waals surface area contributed by atoms with E-state index in [1.807, 2.05) is 57.2 Å². The molecule has 0 N–H and O–H groups in total. The fourth-order valence-corrected chi connectivity index (χ4v) is 4.40. The Hall–Kier alpha value is -2.00. The average Bonchev–Trinajstić information content (AvgIpc) is 2.76. The maximum Gasteiger partial charge on any atom is 0.416 e. The minimum Gasteiger partial charge on any atom is -0.403 e. The zero-order valence-electron chi connectivity index (χ0n) is 20.5. The quantitative estimate of drug-likeness (QED) is 0.242. The van der Waals surface area contributed by atoms with Gasteiger partial charge in [-0.2, -0.15) is 13.2 Å². The number of hydrogen-bond donors (Lipinski definition) is 0. The lowest BCUT2D eigenvalue weighted by Gasteiger charge is -2.43. The molecule has 188 valence electrons. The van der Waals surface area contributed by atoms with Crippen LogP contribution in [-0.4, -0.2) is 39.1 Å². The van der Waals surface area contributed by atoms with Crippen molar-refractivity contribution in [3.63, 3.8) is 0 Å². The SMILES string of the molecule is CC(C)(C)[Si](C)(C)O[C@H]([C@@H](OCc1ccccc1)[C@H](CC=O)OCc1ccccc1)C(F)(F)F. The molecule has 0 unspecified atom stereocenters. The number of carbonyl (C=O) groups excluding carboxylic acids is 1. The normalized spacial score (nSPS) is 15.5. The number of benzene rings is 2. The fraction of sp³-hybridized carbons (Fsp3) is 0.500. The molecule has 0 saturated carbocycles. The fourth-order valence-electron chi connectivity index (χ4n) is 3.14. The van der Waals surface area contributed by atoms with Crippen LogP contribution in [0.5, 0.6) is 0 Å². The highest BCUT2D eigenvalue weighted by molar-refractivity contribution is 6.74. The lowest BCUT2D eigenvalue weighted by molar-refractivity contribution is -0.251. The summed E-state index contributed by atoms with van der Waals surface area (Å²) < 4.78 is 61.0. The molecule has 0 aliphatic carbocycles. The number of aldehydes is 1. The maximum absolute atomic E-state index is 14.5. The summed E-state index contributed by atoms with van der Waals surface area (Å²) in [6.45, 7) is 9.14. The van der Waals surface area contributed by atoms with Gasteiger partial charge in [0, 0.05) is 6.42 Å². The standard InChI is InChI=1S/C26H35F3O4Si/c1-25(2,3)34(4,5)33-24(26(27,28)29)23(32-19-21-14-10-7-11-15-21)22(16-17-30)31-18-20-12-8-6-9-13-20/h6-15,17,22-24H,16,18-19H2,1-5H3/t22-,23-,24+/m0/s1. The van der Waals surface area contributed by atoms with Crippen molar-refractivity contribution in [3.05, 3.63) is 71.8 Å². The largest absolute Gasteiger partial charge is 0.416 e. The lowest BCUT2D eigenvalue weighted by atomic mass is 10.0. The molecule has 0 saturated heterocycles. The number of hydrogen-bond acceptors (Lipinski definition) is 4. The molecule has 8 heteroatoms. The average molecular weight is 497 g/mol. The Labute approximate surface area is 201 Å². The third-order valence-corrected chi connectivity index (χ3v) is 10.6. The molecule has 0 amide bonds. The van der Waals surface area contributed by atoms with Crippen molar-refractivity contribution in [3.8, 4) is 0 Å². The Bertz CT molecular complexity index is 867. The molecule has 0 radical (unpaired) electrons. The molecule has 4 nitrogen and oxygen atoms in total. The van der Waals surface area contributed by atoms with Gasteiger partial charge in [0.2, 0.25) is 0 Å². The maximum atomic E-state index is 14.5. The van der Waals surface area contributed by atoms with Crippen LogP contribution in [-0.2, 0) is 31.9 Å². The second kappa shape index (κ2) is 12.1. The van der Waals surface area contributed by atoms with Gasteiger partial charge in [0.25, 0.3) is 0 Å². The number of halogens is 3. The molecular weight excluding hydrogens is 461 g/mol. The zero-order chi connectivity index (χ0) is 25.4. The third kappa shape index (κ3) is 8.34. The van der Waals surface area contributed by atoms with Crippen molar-refractivity contribution in [2.24, 2.45) is 0 Å². The van der Waals surface area contributed by atoms with Crippen molar-refractivity contribution in [1.29, 1.82) is 0 Å². The molecule has 2 aromatic carbocycles. The van der Waals surface area contributed by atoms with Gasteiger partial charge in [-0.15, -0.1) is 0 Å². The first-order valence-electron chi connectivity index (χ1n) is 11.3. The molecule has 2 aromatic rings. The van der Waals surface area contributed by atoms with Crippen molar-refractivity contribution in [2.45, 2.75) is 83.0 Å². The van der Waals surface area contributed by atoms with E-state index in [1.165, 1.54) is 0 Å². The Morgan fingerprint density at radius 2 is 1.32 bits per heavy atom. The van der Waals surface area contributed by atoms with E-state index in [-0.39, 0.29) is 19.6 Å². The second-order valence-corrected chi connectivity index (χ2v) is 14.6. The Morgan fingerprint density at radius 1 is 0.853 bits per heavy atom. The number of alkyl halides is 3. The van der Waals surface area contributed by atoms with Crippen molar-refractivity contribution in [1.82, 2.24) is 0 Å². The van der Waals surface area contributed by atoms with E-state index >= 15 is 0 Å². The van der Waals surface area contributed by atoms with E-state index in [1.54, 1.807) is 37.4 Å². The van der Waals surface area contributed by atoms with Crippen LogP contribution in [0.4, 0.5) is 13.2 Å². The molecule has 0 aliphatic heterocycles. The van der Waals surface area contributed by atoms with E-state index < -0.39 is 37.8 Å². The number of ether oxygens (including phenoxy) is 2. The molecule has 0 heterocycles. The molecule has 0 aromatic heterocycles. The van der Waals surface area contributed by atoms with Crippen molar-refractivity contribution < 1.29 is 31.9 Å². The second-order valence-electron chi connectivity index (χ2n) is 9.84. The van der Waals surface area contributed by atoms with Crippen LogP contribution in [0.2, 0.25) is 18.1 Å². The Balaban J connectivity index is 2.40. The van der Waals surface area contributed by atoms with Gasteiger partial charge in [-0.1, -0.05) is 81.4 Å². The van der Waals surface area contributed by atoms with E-state index in [9.17, 15) is 18.0 Å². The predicted octanol–water partition coefficient (Wildman–Crippen LogP) is 6.70. The molecule has 3 atom stereocenters. The Morgan fingerprint density at radius 3 is 1.74 bits per heavy atom. The first kappa shape index (κ1) is 28.2.